The molecule has 0 atom stereocenters. The summed E-state index contributed by atoms with van der Waals surface area (Å²) in [7, 11) is 1.63. The molecule has 0 saturated carbocycles. The van der Waals surface area contributed by atoms with Crippen LogP contribution in [0.2, 0.25) is 0 Å². The fraction of sp³-hybridized carbons (Fsp3) is 0.278. The van der Waals surface area contributed by atoms with Gasteiger partial charge >= 0.3 is 0 Å². The Balaban J connectivity index is 2.02. The van der Waals surface area contributed by atoms with E-state index in [1.807, 2.05) is 36.4 Å². The molecule has 1 amide bonds. The molecule has 22 heavy (non-hydrogen) atoms. The van der Waals surface area contributed by atoms with Gasteiger partial charge in [-0.1, -0.05) is 60.7 Å². The van der Waals surface area contributed by atoms with Gasteiger partial charge in [0.25, 0.3) is 0 Å². The highest BCUT2D eigenvalue weighted by atomic mass is 32.2. The van der Waals surface area contributed by atoms with Gasteiger partial charge in [-0.3, -0.25) is 4.79 Å². The van der Waals surface area contributed by atoms with Crippen LogP contribution in [0, 0.1) is 0 Å². The highest BCUT2D eigenvalue weighted by molar-refractivity contribution is 8.00. The standard InChI is InChI=1S/C18H21NO2S/c1-21-13-12-19-17(20)14-22-18(15-8-4-2-5-9-15)16-10-6-3-7-11-16/h2-11,18H,12-14H2,1H3,(H,19,20). The van der Waals surface area contributed by atoms with Crippen molar-refractivity contribution >= 4 is 17.7 Å². The average Bonchev–Trinajstić information content (AvgIpc) is 2.57. The first-order valence-electron chi connectivity index (χ1n) is 7.28. The van der Waals surface area contributed by atoms with E-state index in [2.05, 4.69) is 29.6 Å². The third kappa shape index (κ3) is 5.20. The molecule has 0 aliphatic carbocycles. The van der Waals surface area contributed by atoms with Gasteiger partial charge in [0.05, 0.1) is 17.6 Å². The van der Waals surface area contributed by atoms with E-state index in [0.29, 0.717) is 18.9 Å². The number of thioether (sulfide) groups is 1. The lowest BCUT2D eigenvalue weighted by Crippen LogP contribution is -2.28. The molecule has 2 aromatic rings. The van der Waals surface area contributed by atoms with Crippen LogP contribution in [0.3, 0.4) is 0 Å². The van der Waals surface area contributed by atoms with Gasteiger partial charge in [0.15, 0.2) is 0 Å². The topological polar surface area (TPSA) is 38.3 Å². The number of carbonyl (C=O) groups is 1. The maximum Gasteiger partial charge on any atom is 0.230 e. The second kappa shape index (κ2) is 9.28. The first-order chi connectivity index (χ1) is 10.8. The lowest BCUT2D eigenvalue weighted by atomic mass is 10.0. The SMILES string of the molecule is COCCNC(=O)CSC(c1ccccc1)c1ccccc1. The third-order valence-corrected chi connectivity index (χ3v) is 4.52. The van der Waals surface area contributed by atoms with E-state index in [9.17, 15) is 4.79 Å². The minimum Gasteiger partial charge on any atom is -0.383 e. The van der Waals surface area contributed by atoms with Crippen molar-refractivity contribution < 1.29 is 9.53 Å². The van der Waals surface area contributed by atoms with E-state index < -0.39 is 0 Å². The van der Waals surface area contributed by atoms with Crippen molar-refractivity contribution in [3.63, 3.8) is 0 Å². The smallest absolute Gasteiger partial charge is 0.230 e. The first-order valence-corrected chi connectivity index (χ1v) is 8.33. The number of carbonyl (C=O) groups excluding carboxylic acids is 1. The van der Waals surface area contributed by atoms with Gasteiger partial charge in [0.2, 0.25) is 5.91 Å². The number of nitrogens with one attached hydrogen (secondary N) is 1. The van der Waals surface area contributed by atoms with Crippen molar-refractivity contribution in [2.24, 2.45) is 0 Å². The maximum atomic E-state index is 11.9. The predicted octanol–water partition coefficient (Wildman–Crippen LogP) is 3.27. The molecule has 2 rings (SSSR count). The number of methoxy groups -OCH3 is 1. The van der Waals surface area contributed by atoms with Crippen LogP contribution in [0.15, 0.2) is 60.7 Å². The molecule has 0 saturated heterocycles. The molecular formula is C18H21NO2S. The van der Waals surface area contributed by atoms with Crippen molar-refractivity contribution in [2.45, 2.75) is 5.25 Å². The van der Waals surface area contributed by atoms with Gasteiger partial charge in [-0.2, -0.15) is 0 Å². The molecule has 3 nitrogen and oxygen atoms in total. The van der Waals surface area contributed by atoms with Gasteiger partial charge in [-0.05, 0) is 11.1 Å². The van der Waals surface area contributed by atoms with E-state index in [1.165, 1.54) is 11.1 Å². The predicted molar refractivity (Wildman–Crippen MR) is 92.1 cm³/mol. The monoisotopic (exact) mass is 315 g/mol. The number of ether oxygens (including phenoxy) is 1. The largest absolute Gasteiger partial charge is 0.383 e. The molecule has 0 fully saturated rings. The number of rotatable bonds is 8. The summed E-state index contributed by atoms with van der Waals surface area (Å²) in [5, 5.41) is 3.02. The molecule has 0 aromatic heterocycles. The maximum absolute atomic E-state index is 11.9. The highest BCUT2D eigenvalue weighted by Gasteiger charge is 2.15. The number of hydrogen-bond acceptors (Lipinski definition) is 3. The summed E-state index contributed by atoms with van der Waals surface area (Å²) in [6, 6.07) is 20.6. The Labute approximate surface area is 136 Å². The fourth-order valence-corrected chi connectivity index (χ4v) is 3.26. The van der Waals surface area contributed by atoms with Crippen LogP contribution in [0.4, 0.5) is 0 Å². The number of hydrogen-bond donors (Lipinski definition) is 1. The Kier molecular flexibility index (Phi) is 7.00. The summed E-state index contributed by atoms with van der Waals surface area (Å²) in [5.74, 6) is 0.469. The van der Waals surface area contributed by atoms with Crippen LogP contribution in [-0.4, -0.2) is 31.9 Å². The summed E-state index contributed by atoms with van der Waals surface area (Å²) >= 11 is 1.64. The second-order valence-electron chi connectivity index (χ2n) is 4.86. The quantitative estimate of drug-likeness (QED) is 0.760. The van der Waals surface area contributed by atoms with Crippen molar-refractivity contribution in [1.82, 2.24) is 5.32 Å². The first kappa shape index (κ1) is 16.6. The van der Waals surface area contributed by atoms with Gasteiger partial charge in [-0.25, -0.2) is 0 Å². The normalized spacial score (nSPS) is 10.6. The molecular weight excluding hydrogens is 294 g/mol. The summed E-state index contributed by atoms with van der Waals surface area (Å²) in [5.41, 5.74) is 2.42. The van der Waals surface area contributed by atoms with Crippen LogP contribution in [0.25, 0.3) is 0 Å². The molecule has 4 heteroatoms. The van der Waals surface area contributed by atoms with Crippen molar-refractivity contribution in [3.05, 3.63) is 71.8 Å². The lowest BCUT2D eigenvalue weighted by Gasteiger charge is -2.17. The number of amides is 1. The van der Waals surface area contributed by atoms with Gasteiger partial charge in [0.1, 0.15) is 0 Å². The van der Waals surface area contributed by atoms with Crippen molar-refractivity contribution in [3.8, 4) is 0 Å². The van der Waals surface area contributed by atoms with Crippen LogP contribution in [0.5, 0.6) is 0 Å². The Bertz CT molecular complexity index is 520. The second-order valence-corrected chi connectivity index (χ2v) is 5.95. The number of benzene rings is 2. The molecule has 0 bridgehead atoms. The summed E-state index contributed by atoms with van der Waals surface area (Å²) in [4.78, 5) is 11.9. The molecule has 0 aliphatic rings. The zero-order chi connectivity index (χ0) is 15.6. The fourth-order valence-electron chi connectivity index (χ4n) is 2.14. The Morgan fingerprint density at radius 1 is 1.05 bits per heavy atom. The van der Waals surface area contributed by atoms with E-state index in [-0.39, 0.29) is 11.2 Å². The van der Waals surface area contributed by atoms with Crippen molar-refractivity contribution in [1.29, 1.82) is 0 Å². The molecule has 0 radical (unpaired) electrons. The summed E-state index contributed by atoms with van der Waals surface area (Å²) in [6.45, 7) is 1.09. The average molecular weight is 315 g/mol. The minimum absolute atomic E-state index is 0.0407. The van der Waals surface area contributed by atoms with E-state index in [1.54, 1.807) is 18.9 Å². The van der Waals surface area contributed by atoms with Crippen LogP contribution in [0.1, 0.15) is 16.4 Å². The highest BCUT2D eigenvalue weighted by Crippen LogP contribution is 2.35. The lowest BCUT2D eigenvalue weighted by molar-refractivity contribution is -0.118. The van der Waals surface area contributed by atoms with Crippen molar-refractivity contribution in [2.75, 3.05) is 26.0 Å². The van der Waals surface area contributed by atoms with Crippen LogP contribution < -0.4 is 5.32 Å². The van der Waals surface area contributed by atoms with E-state index >= 15 is 0 Å². The zero-order valence-corrected chi connectivity index (χ0v) is 13.5. The van der Waals surface area contributed by atoms with Crippen LogP contribution in [-0.2, 0) is 9.53 Å². The summed E-state index contributed by atoms with van der Waals surface area (Å²) in [6.07, 6.45) is 0. The van der Waals surface area contributed by atoms with Crippen LogP contribution >= 0.6 is 11.8 Å². The Hall–Kier alpha value is -1.78. The molecule has 0 unspecified atom stereocenters. The molecule has 1 N–H and O–H groups in total. The molecule has 0 heterocycles. The molecule has 0 aliphatic heterocycles. The Morgan fingerprint density at radius 2 is 1.59 bits per heavy atom. The van der Waals surface area contributed by atoms with E-state index in [0.717, 1.165) is 0 Å². The van der Waals surface area contributed by atoms with Gasteiger partial charge in [0, 0.05) is 13.7 Å². The molecule has 116 valence electrons. The van der Waals surface area contributed by atoms with Gasteiger partial charge < -0.3 is 10.1 Å². The van der Waals surface area contributed by atoms with E-state index in [4.69, 9.17) is 4.74 Å². The van der Waals surface area contributed by atoms with Gasteiger partial charge in [-0.15, -0.1) is 11.8 Å². The Morgan fingerprint density at radius 3 is 2.09 bits per heavy atom. The minimum atomic E-state index is 0.0407. The third-order valence-electron chi connectivity index (χ3n) is 3.21. The molecule has 2 aromatic carbocycles. The zero-order valence-electron chi connectivity index (χ0n) is 12.7. The molecule has 0 spiro atoms. The summed E-state index contributed by atoms with van der Waals surface area (Å²) < 4.78 is 4.93.